The van der Waals surface area contributed by atoms with E-state index in [0.29, 0.717) is 0 Å². The highest BCUT2D eigenvalue weighted by Crippen LogP contribution is 2.33. The molecule has 104 valence electrons. The molecular formula is C12H13Cl2NO4. The summed E-state index contributed by atoms with van der Waals surface area (Å²) in [6, 6.07) is 2.32. The molecule has 1 unspecified atom stereocenters. The van der Waals surface area contributed by atoms with Crippen LogP contribution in [0.15, 0.2) is 12.1 Å². The molecule has 1 aromatic carbocycles. The number of carbonyl (C=O) groups excluding carboxylic acids is 1. The van der Waals surface area contributed by atoms with Gasteiger partial charge < -0.3 is 4.74 Å². The van der Waals surface area contributed by atoms with Crippen LogP contribution in [0.4, 0.5) is 5.69 Å². The van der Waals surface area contributed by atoms with Gasteiger partial charge in [0.25, 0.3) is 5.69 Å². The van der Waals surface area contributed by atoms with E-state index in [0.717, 1.165) is 6.07 Å². The molecular weight excluding hydrogens is 293 g/mol. The molecule has 5 nitrogen and oxygen atoms in total. The monoisotopic (exact) mass is 305 g/mol. The fourth-order valence-electron chi connectivity index (χ4n) is 1.20. The first-order chi connectivity index (χ1) is 8.73. The van der Waals surface area contributed by atoms with E-state index in [-0.39, 0.29) is 27.6 Å². The van der Waals surface area contributed by atoms with Gasteiger partial charge in [-0.3, -0.25) is 10.1 Å². The van der Waals surface area contributed by atoms with Crippen molar-refractivity contribution >= 4 is 34.9 Å². The minimum absolute atomic E-state index is 0.00796. The van der Waals surface area contributed by atoms with Crippen molar-refractivity contribution in [1.82, 2.24) is 0 Å². The number of halogens is 2. The van der Waals surface area contributed by atoms with Gasteiger partial charge in [0.15, 0.2) is 0 Å². The Labute approximate surface area is 120 Å². The fraction of sp³-hybridized carbons (Fsp3) is 0.417. The van der Waals surface area contributed by atoms with Crippen LogP contribution in [-0.2, 0) is 4.74 Å². The number of carbonyl (C=O) groups is 1. The molecule has 0 saturated heterocycles. The number of hydrogen-bond acceptors (Lipinski definition) is 4. The van der Waals surface area contributed by atoms with Gasteiger partial charge in [-0.15, -0.1) is 0 Å². The van der Waals surface area contributed by atoms with Crippen LogP contribution in [0.3, 0.4) is 0 Å². The lowest BCUT2D eigenvalue weighted by molar-refractivity contribution is -0.384. The van der Waals surface area contributed by atoms with E-state index in [1.165, 1.54) is 6.07 Å². The summed E-state index contributed by atoms with van der Waals surface area (Å²) in [5.74, 6) is -0.524. The zero-order valence-corrected chi connectivity index (χ0v) is 12.2. The lowest BCUT2D eigenvalue weighted by atomic mass is 10.1. The van der Waals surface area contributed by atoms with E-state index in [2.05, 4.69) is 0 Å². The van der Waals surface area contributed by atoms with E-state index in [9.17, 15) is 14.9 Å². The van der Waals surface area contributed by atoms with E-state index in [1.807, 2.05) is 13.8 Å². The highest BCUT2D eigenvalue weighted by molar-refractivity contribution is 6.43. The van der Waals surface area contributed by atoms with Crippen LogP contribution < -0.4 is 0 Å². The van der Waals surface area contributed by atoms with E-state index >= 15 is 0 Å². The van der Waals surface area contributed by atoms with Crippen molar-refractivity contribution < 1.29 is 14.5 Å². The molecule has 0 spiro atoms. The Balaban J connectivity index is 3.08. The van der Waals surface area contributed by atoms with Crippen LogP contribution in [-0.4, -0.2) is 17.0 Å². The first-order valence-corrected chi connectivity index (χ1v) is 6.34. The molecule has 0 aliphatic rings. The maximum Gasteiger partial charge on any atom is 0.338 e. The molecule has 0 amide bonds. The van der Waals surface area contributed by atoms with Crippen LogP contribution >= 0.6 is 23.2 Å². The Kier molecular flexibility index (Phi) is 5.14. The lowest BCUT2D eigenvalue weighted by Gasteiger charge is -2.16. The molecule has 0 aromatic heterocycles. The molecule has 19 heavy (non-hydrogen) atoms. The second kappa shape index (κ2) is 6.21. The number of esters is 1. The van der Waals surface area contributed by atoms with Gasteiger partial charge in [-0.25, -0.2) is 4.79 Å². The summed E-state index contributed by atoms with van der Waals surface area (Å²) in [4.78, 5) is 21.9. The third kappa shape index (κ3) is 3.81. The number of ether oxygens (including phenoxy) is 1. The molecule has 0 aliphatic carbocycles. The molecule has 0 bridgehead atoms. The summed E-state index contributed by atoms with van der Waals surface area (Å²) in [5.41, 5.74) is -0.410. The standard InChI is InChI=1S/C12H13Cl2NO4/c1-6(2)7(3)19-12(16)8-4-9(13)11(14)10(5-8)15(17)18/h4-7H,1-3H3. The maximum absolute atomic E-state index is 11.9. The summed E-state index contributed by atoms with van der Waals surface area (Å²) < 4.78 is 5.16. The highest BCUT2D eigenvalue weighted by atomic mass is 35.5. The van der Waals surface area contributed by atoms with Crippen LogP contribution in [0.1, 0.15) is 31.1 Å². The van der Waals surface area contributed by atoms with Crippen molar-refractivity contribution in [1.29, 1.82) is 0 Å². The highest BCUT2D eigenvalue weighted by Gasteiger charge is 2.22. The molecule has 0 saturated carbocycles. The van der Waals surface area contributed by atoms with Gasteiger partial charge >= 0.3 is 5.97 Å². The van der Waals surface area contributed by atoms with Gasteiger partial charge in [0, 0.05) is 6.07 Å². The molecule has 0 radical (unpaired) electrons. The number of benzene rings is 1. The van der Waals surface area contributed by atoms with Crippen LogP contribution in [0.25, 0.3) is 0 Å². The van der Waals surface area contributed by atoms with Crippen molar-refractivity contribution in [3.8, 4) is 0 Å². The lowest BCUT2D eigenvalue weighted by Crippen LogP contribution is -2.20. The second-order valence-corrected chi connectivity index (χ2v) is 5.19. The minimum atomic E-state index is -0.698. The molecule has 0 heterocycles. The van der Waals surface area contributed by atoms with Crippen LogP contribution in [0.2, 0.25) is 10.0 Å². The van der Waals surface area contributed by atoms with Crippen molar-refractivity contribution in [2.45, 2.75) is 26.9 Å². The number of hydrogen-bond donors (Lipinski definition) is 0. The van der Waals surface area contributed by atoms with Gasteiger partial charge in [0.1, 0.15) is 11.1 Å². The molecule has 0 N–H and O–H groups in total. The van der Waals surface area contributed by atoms with Gasteiger partial charge in [0.05, 0.1) is 15.5 Å². The molecule has 0 aliphatic heterocycles. The van der Waals surface area contributed by atoms with Crippen LogP contribution in [0, 0.1) is 16.0 Å². The summed E-state index contributed by atoms with van der Waals surface area (Å²) >= 11 is 11.5. The predicted octanol–water partition coefficient (Wildman–Crippen LogP) is 4.10. The Morgan fingerprint density at radius 3 is 2.37 bits per heavy atom. The Bertz CT molecular complexity index is 517. The second-order valence-electron chi connectivity index (χ2n) is 4.40. The smallest absolute Gasteiger partial charge is 0.338 e. The van der Waals surface area contributed by atoms with Gasteiger partial charge in [-0.2, -0.15) is 0 Å². The van der Waals surface area contributed by atoms with Crippen LogP contribution in [0.5, 0.6) is 0 Å². The average molecular weight is 306 g/mol. The molecule has 1 aromatic rings. The first-order valence-electron chi connectivity index (χ1n) is 5.58. The van der Waals surface area contributed by atoms with Gasteiger partial charge in [0.2, 0.25) is 0 Å². The largest absolute Gasteiger partial charge is 0.459 e. The number of rotatable bonds is 4. The third-order valence-electron chi connectivity index (χ3n) is 2.67. The topological polar surface area (TPSA) is 69.4 Å². The van der Waals surface area contributed by atoms with E-state index in [4.69, 9.17) is 27.9 Å². The van der Waals surface area contributed by atoms with Crippen molar-refractivity contribution in [3.63, 3.8) is 0 Å². The van der Waals surface area contributed by atoms with Crippen molar-refractivity contribution in [2.24, 2.45) is 5.92 Å². The van der Waals surface area contributed by atoms with Gasteiger partial charge in [-0.05, 0) is 18.9 Å². The normalized spacial score (nSPS) is 12.3. The average Bonchev–Trinajstić information content (AvgIpc) is 2.31. The Morgan fingerprint density at radius 1 is 1.32 bits per heavy atom. The van der Waals surface area contributed by atoms with Gasteiger partial charge in [-0.1, -0.05) is 37.0 Å². The summed E-state index contributed by atoms with van der Waals surface area (Å²) in [6.45, 7) is 5.54. The number of nitrogens with zero attached hydrogens (tertiary/aromatic N) is 1. The first kappa shape index (κ1) is 15.7. The van der Waals surface area contributed by atoms with Crippen molar-refractivity contribution in [3.05, 3.63) is 37.9 Å². The zero-order valence-electron chi connectivity index (χ0n) is 10.6. The maximum atomic E-state index is 11.9. The Hall–Kier alpha value is -1.33. The molecule has 7 heteroatoms. The minimum Gasteiger partial charge on any atom is -0.459 e. The Morgan fingerprint density at radius 2 is 1.89 bits per heavy atom. The quantitative estimate of drug-likeness (QED) is 0.477. The molecule has 1 rings (SSSR count). The summed E-state index contributed by atoms with van der Waals surface area (Å²) in [7, 11) is 0. The SMILES string of the molecule is CC(C)C(C)OC(=O)c1cc(Cl)c(Cl)c([N+](=O)[O-])c1. The summed E-state index contributed by atoms with van der Waals surface area (Å²) in [6.07, 6.45) is -0.305. The number of nitro benzene ring substituents is 1. The van der Waals surface area contributed by atoms with E-state index in [1.54, 1.807) is 6.92 Å². The fourth-order valence-corrected chi connectivity index (χ4v) is 1.59. The number of nitro groups is 1. The molecule has 0 fully saturated rings. The predicted molar refractivity (Wildman–Crippen MR) is 72.8 cm³/mol. The molecule has 1 atom stereocenters. The zero-order chi connectivity index (χ0) is 14.7. The summed E-state index contributed by atoms with van der Waals surface area (Å²) in [5, 5.41) is 10.5. The third-order valence-corrected chi connectivity index (χ3v) is 3.47. The van der Waals surface area contributed by atoms with Crippen molar-refractivity contribution in [2.75, 3.05) is 0 Å². The van der Waals surface area contributed by atoms with E-state index < -0.39 is 16.6 Å².